The van der Waals surface area contributed by atoms with E-state index in [1.54, 1.807) is 7.11 Å². The highest BCUT2D eigenvalue weighted by molar-refractivity contribution is 5.43. The van der Waals surface area contributed by atoms with Crippen molar-refractivity contribution in [1.82, 2.24) is 0 Å². The molecule has 1 atom stereocenters. The molecular formula is C17H21NO2. The van der Waals surface area contributed by atoms with Gasteiger partial charge in [-0.15, -0.1) is 0 Å². The Morgan fingerprint density at radius 1 is 1.00 bits per heavy atom. The molecule has 20 heavy (non-hydrogen) atoms. The first-order valence-electron chi connectivity index (χ1n) is 6.78. The fourth-order valence-corrected chi connectivity index (χ4v) is 2.07. The molecular weight excluding hydrogens is 250 g/mol. The van der Waals surface area contributed by atoms with Gasteiger partial charge in [-0.25, -0.2) is 0 Å². The van der Waals surface area contributed by atoms with E-state index in [1.165, 1.54) is 0 Å². The quantitative estimate of drug-likeness (QED) is 0.877. The van der Waals surface area contributed by atoms with E-state index >= 15 is 0 Å². The summed E-state index contributed by atoms with van der Waals surface area (Å²) >= 11 is 0. The van der Waals surface area contributed by atoms with Crippen LogP contribution in [0.1, 0.15) is 18.1 Å². The van der Waals surface area contributed by atoms with Crippen molar-refractivity contribution in [2.75, 3.05) is 7.11 Å². The Balaban J connectivity index is 2.12. The van der Waals surface area contributed by atoms with Crippen molar-refractivity contribution in [3.05, 3.63) is 59.7 Å². The van der Waals surface area contributed by atoms with E-state index in [9.17, 15) is 0 Å². The predicted octanol–water partition coefficient (Wildman–Crippen LogP) is 3.16. The fourth-order valence-electron chi connectivity index (χ4n) is 2.07. The van der Waals surface area contributed by atoms with E-state index in [0.29, 0.717) is 6.61 Å². The van der Waals surface area contributed by atoms with Crippen LogP contribution in [0.3, 0.4) is 0 Å². The summed E-state index contributed by atoms with van der Waals surface area (Å²) in [7, 11) is 1.65. The number of rotatable bonds is 6. The lowest BCUT2D eigenvalue weighted by Crippen LogP contribution is -2.17. The molecule has 0 aliphatic rings. The zero-order valence-electron chi connectivity index (χ0n) is 12.0. The zero-order valence-corrected chi connectivity index (χ0v) is 12.0. The van der Waals surface area contributed by atoms with E-state index in [-0.39, 0.29) is 6.04 Å². The van der Waals surface area contributed by atoms with Crippen LogP contribution in [0.15, 0.2) is 48.5 Å². The number of benzene rings is 2. The molecule has 0 saturated heterocycles. The van der Waals surface area contributed by atoms with Crippen molar-refractivity contribution in [2.45, 2.75) is 26.0 Å². The third kappa shape index (κ3) is 4.00. The topological polar surface area (TPSA) is 44.5 Å². The van der Waals surface area contributed by atoms with Crippen LogP contribution in [0.5, 0.6) is 11.5 Å². The molecule has 0 aromatic heterocycles. The molecule has 0 heterocycles. The first-order valence-corrected chi connectivity index (χ1v) is 6.78. The number of ether oxygens (including phenoxy) is 2. The first-order chi connectivity index (χ1) is 9.69. The van der Waals surface area contributed by atoms with Gasteiger partial charge in [-0.2, -0.15) is 0 Å². The zero-order chi connectivity index (χ0) is 14.4. The molecule has 1 unspecified atom stereocenters. The van der Waals surface area contributed by atoms with Gasteiger partial charge in [0.1, 0.15) is 6.61 Å². The molecule has 0 aliphatic carbocycles. The number of nitrogens with two attached hydrogens (primary N) is 1. The molecule has 0 amide bonds. The van der Waals surface area contributed by atoms with Crippen molar-refractivity contribution in [3.63, 3.8) is 0 Å². The lowest BCUT2D eigenvalue weighted by molar-refractivity contribution is 0.284. The summed E-state index contributed by atoms with van der Waals surface area (Å²) in [6.45, 7) is 2.52. The Hall–Kier alpha value is -2.00. The number of methoxy groups -OCH3 is 1. The summed E-state index contributed by atoms with van der Waals surface area (Å²) < 4.78 is 11.2. The molecule has 106 valence electrons. The van der Waals surface area contributed by atoms with Crippen LogP contribution in [0.2, 0.25) is 0 Å². The highest BCUT2D eigenvalue weighted by Gasteiger charge is 2.07. The minimum Gasteiger partial charge on any atom is -0.493 e. The summed E-state index contributed by atoms with van der Waals surface area (Å²) in [5, 5.41) is 0. The highest BCUT2D eigenvalue weighted by atomic mass is 16.5. The molecule has 3 heteroatoms. The number of hydrogen-bond acceptors (Lipinski definition) is 3. The van der Waals surface area contributed by atoms with Gasteiger partial charge < -0.3 is 15.2 Å². The second-order valence-electron chi connectivity index (χ2n) is 4.94. The molecule has 0 bridgehead atoms. The molecule has 2 aromatic carbocycles. The van der Waals surface area contributed by atoms with Crippen molar-refractivity contribution >= 4 is 0 Å². The molecule has 0 saturated carbocycles. The third-order valence-electron chi connectivity index (χ3n) is 3.02. The van der Waals surface area contributed by atoms with Crippen molar-refractivity contribution < 1.29 is 9.47 Å². The summed E-state index contributed by atoms with van der Waals surface area (Å²) in [4.78, 5) is 0. The lowest BCUT2D eigenvalue weighted by atomic mass is 10.1. The summed E-state index contributed by atoms with van der Waals surface area (Å²) in [6.07, 6.45) is 0.825. The minimum atomic E-state index is 0.130. The molecule has 3 nitrogen and oxygen atoms in total. The average Bonchev–Trinajstić information content (AvgIpc) is 2.46. The molecule has 0 radical (unpaired) electrons. The summed E-state index contributed by atoms with van der Waals surface area (Å²) in [5.41, 5.74) is 8.13. The maximum atomic E-state index is 5.87. The minimum absolute atomic E-state index is 0.130. The van der Waals surface area contributed by atoms with E-state index in [0.717, 1.165) is 29.0 Å². The summed E-state index contributed by atoms with van der Waals surface area (Å²) in [5.74, 6) is 1.50. The largest absolute Gasteiger partial charge is 0.493 e. The first kappa shape index (κ1) is 14.4. The van der Waals surface area contributed by atoms with Crippen LogP contribution in [0.25, 0.3) is 0 Å². The monoisotopic (exact) mass is 271 g/mol. The Kier molecular flexibility index (Phi) is 5.02. The molecule has 0 spiro atoms. The van der Waals surface area contributed by atoms with Crippen molar-refractivity contribution in [2.24, 2.45) is 5.73 Å². The average molecular weight is 271 g/mol. The highest BCUT2D eigenvalue weighted by Crippen LogP contribution is 2.29. The van der Waals surface area contributed by atoms with Gasteiger partial charge in [0, 0.05) is 6.04 Å². The maximum Gasteiger partial charge on any atom is 0.161 e. The van der Waals surface area contributed by atoms with E-state index in [1.807, 2.05) is 55.5 Å². The van der Waals surface area contributed by atoms with Crippen LogP contribution in [-0.4, -0.2) is 13.2 Å². The smallest absolute Gasteiger partial charge is 0.161 e. The second kappa shape index (κ2) is 6.96. The van der Waals surface area contributed by atoms with Crippen LogP contribution in [0, 0.1) is 0 Å². The van der Waals surface area contributed by atoms with Gasteiger partial charge in [0.15, 0.2) is 11.5 Å². The van der Waals surface area contributed by atoms with Gasteiger partial charge in [0.2, 0.25) is 0 Å². The van der Waals surface area contributed by atoms with Gasteiger partial charge in [-0.1, -0.05) is 36.4 Å². The number of hydrogen-bond donors (Lipinski definition) is 1. The van der Waals surface area contributed by atoms with E-state index in [4.69, 9.17) is 15.2 Å². The Bertz CT molecular complexity index is 538. The SMILES string of the molecule is COc1ccc(CC(C)N)cc1OCc1ccccc1. The van der Waals surface area contributed by atoms with Gasteiger partial charge in [-0.3, -0.25) is 0 Å². The molecule has 2 rings (SSSR count). The van der Waals surface area contributed by atoms with Gasteiger partial charge >= 0.3 is 0 Å². The van der Waals surface area contributed by atoms with Crippen molar-refractivity contribution in [1.29, 1.82) is 0 Å². The normalized spacial score (nSPS) is 11.9. The van der Waals surface area contributed by atoms with Crippen LogP contribution in [-0.2, 0) is 13.0 Å². The molecule has 2 aromatic rings. The van der Waals surface area contributed by atoms with Crippen LogP contribution >= 0.6 is 0 Å². The van der Waals surface area contributed by atoms with E-state index in [2.05, 4.69) is 0 Å². The van der Waals surface area contributed by atoms with E-state index < -0.39 is 0 Å². The fraction of sp³-hybridized carbons (Fsp3) is 0.294. The Labute approximate surface area is 120 Å². The summed E-state index contributed by atoms with van der Waals surface area (Å²) in [6, 6.07) is 16.2. The third-order valence-corrected chi connectivity index (χ3v) is 3.02. The lowest BCUT2D eigenvalue weighted by Gasteiger charge is -2.13. The second-order valence-corrected chi connectivity index (χ2v) is 4.94. The standard InChI is InChI=1S/C17H21NO2/c1-13(18)10-15-8-9-16(19-2)17(11-15)20-12-14-6-4-3-5-7-14/h3-9,11,13H,10,12,18H2,1-2H3. The molecule has 0 aliphatic heterocycles. The maximum absolute atomic E-state index is 5.87. The van der Waals surface area contributed by atoms with Gasteiger partial charge in [0.05, 0.1) is 7.11 Å². The Morgan fingerprint density at radius 3 is 2.40 bits per heavy atom. The van der Waals surface area contributed by atoms with Crippen molar-refractivity contribution in [3.8, 4) is 11.5 Å². The predicted molar refractivity (Wildman–Crippen MR) is 81.1 cm³/mol. The van der Waals surface area contributed by atoms with Crippen LogP contribution in [0.4, 0.5) is 0 Å². The van der Waals surface area contributed by atoms with Gasteiger partial charge in [0.25, 0.3) is 0 Å². The van der Waals surface area contributed by atoms with Crippen LogP contribution < -0.4 is 15.2 Å². The molecule has 0 fully saturated rings. The van der Waals surface area contributed by atoms with Gasteiger partial charge in [-0.05, 0) is 36.6 Å². The Morgan fingerprint density at radius 2 is 1.75 bits per heavy atom. The molecule has 2 N–H and O–H groups in total.